The summed E-state index contributed by atoms with van der Waals surface area (Å²) in [5.74, 6) is 0.00963. The van der Waals surface area contributed by atoms with E-state index in [2.05, 4.69) is 10.9 Å². The lowest BCUT2D eigenvalue weighted by atomic mass is 10.2. The van der Waals surface area contributed by atoms with Crippen LogP contribution in [0, 0.1) is 0 Å². The van der Waals surface area contributed by atoms with Gasteiger partial charge < -0.3 is 4.74 Å². The maximum Gasteiger partial charge on any atom is 0.269 e. The van der Waals surface area contributed by atoms with Gasteiger partial charge in [-0.15, -0.1) is 11.8 Å². The molecule has 0 aromatic heterocycles. The van der Waals surface area contributed by atoms with Crippen molar-refractivity contribution in [3.8, 4) is 5.75 Å². The predicted molar refractivity (Wildman–Crippen MR) is 100.0 cm³/mol. The van der Waals surface area contributed by atoms with Gasteiger partial charge in [0.15, 0.2) is 0 Å². The minimum absolute atomic E-state index is 0.292. The molecule has 25 heavy (non-hydrogen) atoms. The molecule has 7 heteroatoms. The van der Waals surface area contributed by atoms with E-state index in [1.807, 2.05) is 19.1 Å². The smallest absolute Gasteiger partial charge is 0.269 e. The molecule has 0 radical (unpaired) electrons. The van der Waals surface area contributed by atoms with Gasteiger partial charge in [0.2, 0.25) is 0 Å². The second kappa shape index (κ2) is 9.34. The van der Waals surface area contributed by atoms with Crippen molar-refractivity contribution in [2.24, 2.45) is 0 Å². The summed E-state index contributed by atoms with van der Waals surface area (Å²) in [4.78, 5) is 25.1. The topological polar surface area (TPSA) is 67.4 Å². The van der Waals surface area contributed by atoms with Crippen LogP contribution in [0.3, 0.4) is 0 Å². The Morgan fingerprint density at radius 3 is 2.32 bits per heavy atom. The fraction of sp³-hybridized carbons (Fsp3) is 0.222. The number of hydrogen-bond acceptors (Lipinski definition) is 4. The van der Waals surface area contributed by atoms with E-state index in [9.17, 15) is 9.59 Å². The van der Waals surface area contributed by atoms with E-state index in [0.29, 0.717) is 22.9 Å². The van der Waals surface area contributed by atoms with Gasteiger partial charge in [-0.05, 0) is 62.4 Å². The zero-order valence-corrected chi connectivity index (χ0v) is 15.5. The molecule has 5 nitrogen and oxygen atoms in total. The third-order valence-corrected chi connectivity index (χ3v) is 4.59. The lowest BCUT2D eigenvalue weighted by Gasteiger charge is -2.13. The quantitative estimate of drug-likeness (QED) is 0.594. The highest BCUT2D eigenvalue weighted by atomic mass is 35.5. The predicted octanol–water partition coefficient (Wildman–Crippen LogP) is 3.68. The molecule has 0 aliphatic carbocycles. The number of carbonyl (C=O) groups is 2. The normalized spacial score (nSPS) is 11.5. The van der Waals surface area contributed by atoms with E-state index in [0.717, 1.165) is 4.90 Å². The van der Waals surface area contributed by atoms with Crippen LogP contribution in [0.15, 0.2) is 53.4 Å². The molecular weight excluding hydrogens is 360 g/mol. The van der Waals surface area contributed by atoms with Crippen molar-refractivity contribution in [2.45, 2.75) is 24.0 Å². The average molecular weight is 379 g/mol. The van der Waals surface area contributed by atoms with Crippen LogP contribution < -0.4 is 15.6 Å². The minimum atomic E-state index is -0.389. The molecule has 2 N–H and O–H groups in total. The van der Waals surface area contributed by atoms with Gasteiger partial charge in [0.05, 0.1) is 11.9 Å². The summed E-state index contributed by atoms with van der Waals surface area (Å²) in [6, 6.07) is 13.9. The third-order valence-electron chi connectivity index (χ3n) is 3.22. The Morgan fingerprint density at radius 1 is 1.08 bits per heavy atom. The first kappa shape index (κ1) is 19.1. The van der Waals surface area contributed by atoms with Crippen LogP contribution in [-0.2, 0) is 4.79 Å². The van der Waals surface area contributed by atoms with Gasteiger partial charge in [-0.2, -0.15) is 0 Å². The van der Waals surface area contributed by atoms with E-state index in [1.165, 1.54) is 11.8 Å². The zero-order valence-electron chi connectivity index (χ0n) is 13.9. The van der Waals surface area contributed by atoms with Crippen molar-refractivity contribution < 1.29 is 14.3 Å². The van der Waals surface area contributed by atoms with Gasteiger partial charge in [0.1, 0.15) is 5.75 Å². The van der Waals surface area contributed by atoms with Gasteiger partial charge in [-0.1, -0.05) is 11.6 Å². The van der Waals surface area contributed by atoms with E-state index >= 15 is 0 Å². The number of thioether (sulfide) groups is 1. The summed E-state index contributed by atoms with van der Waals surface area (Å²) in [6.45, 7) is 4.21. The number of hydrazine groups is 1. The van der Waals surface area contributed by atoms with Crippen LogP contribution in [0.4, 0.5) is 0 Å². The fourth-order valence-electron chi connectivity index (χ4n) is 1.93. The van der Waals surface area contributed by atoms with Crippen molar-refractivity contribution in [1.82, 2.24) is 10.9 Å². The molecule has 2 amide bonds. The second-order valence-electron chi connectivity index (χ2n) is 5.11. The molecule has 0 spiro atoms. The van der Waals surface area contributed by atoms with Crippen LogP contribution in [0.1, 0.15) is 24.2 Å². The molecule has 2 aromatic carbocycles. The number of halogens is 1. The SMILES string of the molecule is CCOc1ccc(C(=O)NNC(=O)C(C)Sc2ccc(Cl)cc2)cc1. The van der Waals surface area contributed by atoms with Crippen LogP contribution in [0.2, 0.25) is 5.02 Å². The number of rotatable bonds is 6. The molecule has 0 fully saturated rings. The van der Waals surface area contributed by atoms with Crippen molar-refractivity contribution in [3.05, 3.63) is 59.1 Å². The molecule has 1 atom stereocenters. The van der Waals surface area contributed by atoms with Gasteiger partial charge in [0.25, 0.3) is 11.8 Å². The molecule has 1 unspecified atom stereocenters. The maximum absolute atomic E-state index is 12.1. The summed E-state index contributed by atoms with van der Waals surface area (Å²) in [5, 5.41) is 0.269. The van der Waals surface area contributed by atoms with Crippen molar-refractivity contribution in [3.63, 3.8) is 0 Å². The summed E-state index contributed by atoms with van der Waals surface area (Å²) in [6.07, 6.45) is 0. The largest absolute Gasteiger partial charge is 0.494 e. The molecular formula is C18H19ClN2O3S. The molecule has 0 aliphatic rings. The first-order valence-electron chi connectivity index (χ1n) is 7.75. The third kappa shape index (κ3) is 5.99. The summed E-state index contributed by atoms with van der Waals surface area (Å²) in [7, 11) is 0. The second-order valence-corrected chi connectivity index (χ2v) is 6.97. The highest BCUT2D eigenvalue weighted by Gasteiger charge is 2.15. The van der Waals surface area contributed by atoms with E-state index in [1.54, 1.807) is 43.3 Å². The van der Waals surface area contributed by atoms with Gasteiger partial charge >= 0.3 is 0 Å². The number of benzene rings is 2. The van der Waals surface area contributed by atoms with E-state index < -0.39 is 0 Å². The number of amides is 2. The maximum atomic E-state index is 12.1. The first-order chi connectivity index (χ1) is 12.0. The number of ether oxygens (including phenoxy) is 1. The summed E-state index contributed by atoms with van der Waals surface area (Å²) < 4.78 is 5.32. The van der Waals surface area contributed by atoms with Crippen molar-refractivity contribution in [2.75, 3.05) is 6.61 Å². The van der Waals surface area contributed by atoms with Crippen molar-refractivity contribution >= 4 is 35.2 Å². The summed E-state index contributed by atoms with van der Waals surface area (Å²) in [5.41, 5.74) is 5.28. The number of hydrogen-bond donors (Lipinski definition) is 2. The average Bonchev–Trinajstić information content (AvgIpc) is 2.62. The van der Waals surface area contributed by atoms with Crippen LogP contribution in [0.5, 0.6) is 5.75 Å². The number of nitrogens with one attached hydrogen (secondary N) is 2. The Kier molecular flexibility index (Phi) is 7.16. The van der Waals surface area contributed by atoms with Crippen molar-refractivity contribution in [1.29, 1.82) is 0 Å². The van der Waals surface area contributed by atoms with Gasteiger partial charge in [-0.25, -0.2) is 0 Å². The molecule has 0 saturated carbocycles. The first-order valence-corrected chi connectivity index (χ1v) is 9.00. The molecule has 2 rings (SSSR count). The van der Waals surface area contributed by atoms with Gasteiger partial charge in [0, 0.05) is 15.5 Å². The molecule has 2 aromatic rings. The highest BCUT2D eigenvalue weighted by molar-refractivity contribution is 8.00. The Bertz CT molecular complexity index is 720. The minimum Gasteiger partial charge on any atom is -0.494 e. The number of carbonyl (C=O) groups excluding carboxylic acids is 2. The Morgan fingerprint density at radius 2 is 1.72 bits per heavy atom. The Balaban J connectivity index is 1.83. The van der Waals surface area contributed by atoms with Crippen LogP contribution in [0.25, 0.3) is 0 Å². The fourth-order valence-corrected chi connectivity index (χ4v) is 2.93. The van der Waals surface area contributed by atoms with Crippen LogP contribution >= 0.6 is 23.4 Å². The molecule has 0 bridgehead atoms. The Labute approximate surface area is 156 Å². The Hall–Kier alpha value is -2.18. The lowest BCUT2D eigenvalue weighted by molar-refractivity contribution is -0.121. The lowest BCUT2D eigenvalue weighted by Crippen LogP contribution is -2.44. The molecule has 0 saturated heterocycles. The van der Waals surface area contributed by atoms with E-state index in [-0.39, 0.29) is 17.1 Å². The van der Waals surface area contributed by atoms with Gasteiger partial charge in [-0.3, -0.25) is 20.4 Å². The molecule has 132 valence electrons. The monoisotopic (exact) mass is 378 g/mol. The molecule has 0 aliphatic heterocycles. The van der Waals surface area contributed by atoms with Crippen LogP contribution in [-0.4, -0.2) is 23.7 Å². The summed E-state index contributed by atoms with van der Waals surface area (Å²) >= 11 is 7.21. The zero-order chi connectivity index (χ0) is 18.2. The molecule has 0 heterocycles. The standard InChI is InChI=1S/C18H19ClN2O3S/c1-3-24-15-8-4-13(5-9-15)18(23)21-20-17(22)12(2)25-16-10-6-14(19)7-11-16/h4-12H,3H2,1-2H3,(H,20,22)(H,21,23). The highest BCUT2D eigenvalue weighted by Crippen LogP contribution is 2.24. The van der Waals surface area contributed by atoms with E-state index in [4.69, 9.17) is 16.3 Å².